The minimum absolute atomic E-state index is 0.0366. The van der Waals surface area contributed by atoms with Gasteiger partial charge in [-0.3, -0.25) is 9.59 Å². The Labute approximate surface area is 198 Å². The van der Waals surface area contributed by atoms with Gasteiger partial charge in [0.05, 0.1) is 12.8 Å². The van der Waals surface area contributed by atoms with E-state index in [0.717, 1.165) is 17.3 Å². The number of benzene rings is 1. The van der Waals surface area contributed by atoms with Gasteiger partial charge < -0.3 is 29.8 Å². The summed E-state index contributed by atoms with van der Waals surface area (Å²) >= 11 is 0. The van der Waals surface area contributed by atoms with E-state index in [1.54, 1.807) is 28.2 Å². The van der Waals surface area contributed by atoms with Crippen LogP contribution in [0.2, 0.25) is 0 Å². The number of nitrogens with zero attached hydrogens (tertiary/aromatic N) is 2. The number of hydrogen-bond donors (Lipinski definition) is 3. The first-order chi connectivity index (χ1) is 16.5. The quantitative estimate of drug-likeness (QED) is 0.498. The molecule has 2 atom stereocenters. The summed E-state index contributed by atoms with van der Waals surface area (Å²) in [6.45, 7) is 5.86. The second kappa shape index (κ2) is 10.5. The molecule has 3 aromatic rings. The van der Waals surface area contributed by atoms with Crippen molar-refractivity contribution in [2.24, 2.45) is 5.92 Å². The van der Waals surface area contributed by atoms with E-state index in [1.807, 2.05) is 44.2 Å². The van der Waals surface area contributed by atoms with Crippen LogP contribution in [0.1, 0.15) is 36.5 Å². The van der Waals surface area contributed by atoms with Crippen molar-refractivity contribution in [2.45, 2.75) is 32.9 Å². The topological polar surface area (TPSA) is 111 Å². The average molecular weight is 466 g/mol. The molecular weight excluding hydrogens is 434 g/mol. The third-order valence-corrected chi connectivity index (χ3v) is 6.41. The van der Waals surface area contributed by atoms with Gasteiger partial charge in [0.1, 0.15) is 17.5 Å². The van der Waals surface area contributed by atoms with E-state index < -0.39 is 6.04 Å². The summed E-state index contributed by atoms with van der Waals surface area (Å²) in [5, 5.41) is 6.72. The molecule has 9 nitrogen and oxygen atoms in total. The van der Waals surface area contributed by atoms with Gasteiger partial charge in [0.2, 0.25) is 5.91 Å². The standard InChI is InChI=1S/C25H31N5O4/c1-3-17(2)22(23(31)26-16-19-8-6-14-34-19)28-25(33)30-12-10-29(11-13-30)24(32)21-15-18-7-4-5-9-20(18)27-21/h4-9,14-15,17,22,27H,3,10-13,16H2,1-2H3,(H,26,31)(H,28,33)/t17-,22-/m0/s1. The van der Waals surface area contributed by atoms with Gasteiger partial charge in [-0.15, -0.1) is 0 Å². The van der Waals surface area contributed by atoms with E-state index in [1.165, 1.54) is 0 Å². The van der Waals surface area contributed by atoms with Gasteiger partial charge in [-0.2, -0.15) is 0 Å². The second-order valence-corrected chi connectivity index (χ2v) is 8.66. The van der Waals surface area contributed by atoms with Gasteiger partial charge in [0.15, 0.2) is 0 Å². The van der Waals surface area contributed by atoms with Crippen LogP contribution in [0.25, 0.3) is 10.9 Å². The summed E-state index contributed by atoms with van der Waals surface area (Å²) in [4.78, 5) is 45.2. The maximum Gasteiger partial charge on any atom is 0.318 e. The summed E-state index contributed by atoms with van der Waals surface area (Å²) in [7, 11) is 0. The Morgan fingerprint density at radius 3 is 2.47 bits per heavy atom. The number of para-hydroxylation sites is 1. The summed E-state index contributed by atoms with van der Waals surface area (Å²) in [5.74, 6) is 0.293. The molecule has 3 heterocycles. The lowest BCUT2D eigenvalue weighted by molar-refractivity contribution is -0.124. The highest BCUT2D eigenvalue weighted by molar-refractivity contribution is 5.98. The predicted molar refractivity (Wildman–Crippen MR) is 128 cm³/mol. The largest absolute Gasteiger partial charge is 0.467 e. The van der Waals surface area contributed by atoms with Crippen LogP contribution < -0.4 is 10.6 Å². The van der Waals surface area contributed by atoms with Crippen LogP contribution in [-0.2, 0) is 11.3 Å². The molecule has 0 aliphatic carbocycles. The van der Waals surface area contributed by atoms with Crippen LogP contribution in [0.15, 0.2) is 53.1 Å². The minimum atomic E-state index is -0.654. The Balaban J connectivity index is 1.31. The van der Waals surface area contributed by atoms with Crippen molar-refractivity contribution >= 4 is 28.7 Å². The van der Waals surface area contributed by atoms with Gasteiger partial charge in [0, 0.05) is 37.1 Å². The monoisotopic (exact) mass is 465 g/mol. The third-order valence-electron chi connectivity index (χ3n) is 6.41. The summed E-state index contributed by atoms with van der Waals surface area (Å²) in [5.41, 5.74) is 1.47. The molecule has 0 spiro atoms. The fraction of sp³-hybridized carbons (Fsp3) is 0.400. The molecule has 2 aromatic heterocycles. The normalized spacial score (nSPS) is 15.7. The number of rotatable bonds is 7. The Morgan fingerprint density at radius 1 is 1.06 bits per heavy atom. The summed E-state index contributed by atoms with van der Waals surface area (Å²) in [6, 6.07) is 12.2. The summed E-state index contributed by atoms with van der Waals surface area (Å²) in [6.07, 6.45) is 2.30. The van der Waals surface area contributed by atoms with Crippen molar-refractivity contribution in [3.63, 3.8) is 0 Å². The number of furan rings is 1. The molecule has 9 heteroatoms. The van der Waals surface area contributed by atoms with Crippen molar-refractivity contribution in [1.82, 2.24) is 25.4 Å². The molecule has 1 aromatic carbocycles. The number of piperazine rings is 1. The molecule has 0 radical (unpaired) electrons. The first-order valence-corrected chi connectivity index (χ1v) is 11.7. The number of aromatic nitrogens is 1. The molecule has 3 N–H and O–H groups in total. The lowest BCUT2D eigenvalue weighted by Crippen LogP contribution is -2.57. The van der Waals surface area contributed by atoms with Crippen molar-refractivity contribution < 1.29 is 18.8 Å². The molecule has 4 amide bonds. The van der Waals surface area contributed by atoms with Crippen LogP contribution in [0.4, 0.5) is 4.79 Å². The highest BCUT2D eigenvalue weighted by Crippen LogP contribution is 2.17. The highest BCUT2D eigenvalue weighted by Gasteiger charge is 2.30. The maximum absolute atomic E-state index is 12.9. The number of fused-ring (bicyclic) bond motifs is 1. The van der Waals surface area contributed by atoms with Crippen LogP contribution in [-0.4, -0.2) is 64.9 Å². The lowest BCUT2D eigenvalue weighted by Gasteiger charge is -2.35. The highest BCUT2D eigenvalue weighted by atomic mass is 16.3. The first-order valence-electron chi connectivity index (χ1n) is 11.7. The van der Waals surface area contributed by atoms with E-state index in [-0.39, 0.29) is 30.3 Å². The zero-order valence-electron chi connectivity index (χ0n) is 19.5. The lowest BCUT2D eigenvalue weighted by atomic mass is 9.98. The first kappa shape index (κ1) is 23.4. The van der Waals surface area contributed by atoms with Crippen LogP contribution in [0.5, 0.6) is 0 Å². The zero-order chi connectivity index (χ0) is 24.1. The van der Waals surface area contributed by atoms with Crippen LogP contribution in [0.3, 0.4) is 0 Å². The van der Waals surface area contributed by atoms with E-state index in [0.29, 0.717) is 37.6 Å². The molecule has 1 aliphatic rings. The molecule has 34 heavy (non-hydrogen) atoms. The number of carbonyl (C=O) groups excluding carboxylic acids is 3. The van der Waals surface area contributed by atoms with Crippen LogP contribution in [0, 0.1) is 5.92 Å². The number of carbonyl (C=O) groups is 3. The van der Waals surface area contributed by atoms with Crippen molar-refractivity contribution in [3.05, 3.63) is 60.2 Å². The molecule has 1 fully saturated rings. The fourth-order valence-electron chi connectivity index (χ4n) is 4.10. The number of urea groups is 1. The van der Waals surface area contributed by atoms with E-state index in [2.05, 4.69) is 15.6 Å². The molecule has 4 rings (SSSR count). The van der Waals surface area contributed by atoms with Crippen LogP contribution >= 0.6 is 0 Å². The summed E-state index contributed by atoms with van der Waals surface area (Å²) < 4.78 is 5.26. The van der Waals surface area contributed by atoms with Gasteiger partial charge in [-0.25, -0.2) is 4.79 Å². The Hall–Kier alpha value is -3.75. The smallest absolute Gasteiger partial charge is 0.318 e. The Kier molecular flexibility index (Phi) is 7.20. The van der Waals surface area contributed by atoms with Crippen molar-refractivity contribution in [1.29, 1.82) is 0 Å². The van der Waals surface area contributed by atoms with E-state index in [4.69, 9.17) is 4.42 Å². The molecule has 180 valence electrons. The fourth-order valence-corrected chi connectivity index (χ4v) is 4.10. The second-order valence-electron chi connectivity index (χ2n) is 8.66. The number of amides is 4. The minimum Gasteiger partial charge on any atom is -0.467 e. The number of aromatic amines is 1. The van der Waals surface area contributed by atoms with E-state index in [9.17, 15) is 14.4 Å². The number of H-pyrrole nitrogens is 1. The predicted octanol–water partition coefficient (Wildman–Crippen LogP) is 2.96. The van der Waals surface area contributed by atoms with Gasteiger partial charge in [-0.1, -0.05) is 38.5 Å². The molecule has 1 saturated heterocycles. The maximum atomic E-state index is 12.9. The van der Waals surface area contributed by atoms with E-state index >= 15 is 0 Å². The Morgan fingerprint density at radius 2 is 1.79 bits per heavy atom. The average Bonchev–Trinajstić information content (AvgIpc) is 3.54. The molecular formula is C25H31N5O4. The van der Waals surface area contributed by atoms with Gasteiger partial charge in [0.25, 0.3) is 5.91 Å². The molecule has 1 aliphatic heterocycles. The Bertz CT molecular complexity index is 1100. The zero-order valence-corrected chi connectivity index (χ0v) is 19.5. The van der Waals surface area contributed by atoms with Crippen molar-refractivity contribution in [2.75, 3.05) is 26.2 Å². The number of nitrogens with one attached hydrogen (secondary N) is 3. The van der Waals surface area contributed by atoms with Gasteiger partial charge in [-0.05, 0) is 30.2 Å². The SMILES string of the molecule is CC[C@H](C)[C@H](NC(=O)N1CCN(C(=O)c2cc3ccccc3[nH]2)CC1)C(=O)NCc1ccco1. The molecule has 0 bridgehead atoms. The van der Waals surface area contributed by atoms with Gasteiger partial charge >= 0.3 is 6.03 Å². The third kappa shape index (κ3) is 5.24. The number of hydrogen-bond acceptors (Lipinski definition) is 4. The van der Waals surface area contributed by atoms with Crippen molar-refractivity contribution in [3.8, 4) is 0 Å². The molecule has 0 unspecified atom stereocenters. The molecule has 0 saturated carbocycles.